The van der Waals surface area contributed by atoms with Crippen LogP contribution in [0.2, 0.25) is 0 Å². The zero-order valence-corrected chi connectivity index (χ0v) is 18.5. The Hall–Kier alpha value is -0.240. The average molecular weight is 389 g/mol. The van der Waals surface area contributed by atoms with E-state index in [1.54, 1.807) is 0 Å². The van der Waals surface area contributed by atoms with Crippen molar-refractivity contribution in [3.05, 3.63) is 0 Å². The van der Waals surface area contributed by atoms with Crippen LogP contribution in [0.25, 0.3) is 0 Å². The van der Waals surface area contributed by atoms with E-state index in [2.05, 4.69) is 13.8 Å². The Morgan fingerprint density at radius 3 is 1.85 bits per heavy atom. The molecule has 0 radical (unpaired) electrons. The van der Waals surface area contributed by atoms with Crippen molar-refractivity contribution in [1.82, 2.24) is 0 Å². The number of hydrogen-bond acceptors (Lipinski definition) is 2. The molecule has 0 aromatic carbocycles. The summed E-state index contributed by atoms with van der Waals surface area (Å²) in [5.41, 5.74) is 0. The van der Waals surface area contributed by atoms with E-state index in [9.17, 15) is 4.79 Å². The lowest BCUT2D eigenvalue weighted by molar-refractivity contribution is -0.145. The highest BCUT2D eigenvalue weighted by Gasteiger charge is 2.12. The first-order valence-corrected chi connectivity index (χ1v) is 12.0. The molecule has 0 amide bonds. The number of carbonyl (C=O) groups excluding carboxylic acids is 1. The average Bonchev–Trinajstić information content (AvgIpc) is 2.65. The highest BCUT2D eigenvalue weighted by molar-refractivity contribution is 6.17. The van der Waals surface area contributed by atoms with E-state index in [4.69, 9.17) is 16.3 Å². The van der Waals surface area contributed by atoms with E-state index in [1.807, 2.05) is 0 Å². The monoisotopic (exact) mass is 388 g/mol. The molecule has 0 rings (SSSR count). The summed E-state index contributed by atoms with van der Waals surface area (Å²) in [5, 5.41) is 0. The summed E-state index contributed by atoms with van der Waals surface area (Å²) in [6.45, 7) is 5.16. The minimum Gasteiger partial charge on any atom is -0.465 e. The molecule has 0 saturated carbocycles. The van der Waals surface area contributed by atoms with Crippen molar-refractivity contribution in [2.24, 2.45) is 5.92 Å². The smallest absolute Gasteiger partial charge is 0.305 e. The van der Waals surface area contributed by atoms with Crippen LogP contribution in [0.5, 0.6) is 0 Å². The molecular weight excluding hydrogens is 344 g/mol. The summed E-state index contributed by atoms with van der Waals surface area (Å²) in [7, 11) is 0. The lowest BCUT2D eigenvalue weighted by atomic mass is 9.95. The van der Waals surface area contributed by atoms with Crippen LogP contribution in [-0.4, -0.2) is 18.5 Å². The van der Waals surface area contributed by atoms with E-state index in [-0.39, 0.29) is 5.97 Å². The largest absolute Gasteiger partial charge is 0.465 e. The molecule has 0 fully saturated rings. The maximum atomic E-state index is 12.0. The number of esters is 1. The maximum Gasteiger partial charge on any atom is 0.305 e. The minimum atomic E-state index is -0.00243. The number of hydrogen-bond donors (Lipinski definition) is 0. The van der Waals surface area contributed by atoms with Gasteiger partial charge < -0.3 is 4.74 Å². The molecule has 0 aliphatic heterocycles. The third-order valence-corrected chi connectivity index (χ3v) is 5.44. The Bertz CT molecular complexity index is 294. The number of unbranched alkanes of at least 4 members (excludes halogenated alkanes) is 11. The first-order valence-electron chi connectivity index (χ1n) is 11.5. The van der Waals surface area contributed by atoms with Gasteiger partial charge in [-0.15, -0.1) is 11.6 Å². The predicted octanol–water partition coefficient (Wildman–Crippen LogP) is 8.06. The Balaban J connectivity index is 3.91. The van der Waals surface area contributed by atoms with Gasteiger partial charge in [0.2, 0.25) is 0 Å². The molecule has 3 heteroatoms. The van der Waals surface area contributed by atoms with E-state index < -0.39 is 0 Å². The fourth-order valence-corrected chi connectivity index (χ4v) is 3.57. The van der Waals surface area contributed by atoms with Crippen LogP contribution in [0.3, 0.4) is 0 Å². The molecule has 26 heavy (non-hydrogen) atoms. The van der Waals surface area contributed by atoms with Crippen molar-refractivity contribution < 1.29 is 9.53 Å². The third-order valence-electron chi connectivity index (χ3n) is 5.18. The van der Waals surface area contributed by atoms with Crippen LogP contribution in [0, 0.1) is 5.92 Å². The van der Waals surface area contributed by atoms with Gasteiger partial charge >= 0.3 is 5.97 Å². The summed E-state index contributed by atoms with van der Waals surface area (Å²) in [6.07, 6.45) is 20.4. The van der Waals surface area contributed by atoms with Crippen molar-refractivity contribution in [2.75, 3.05) is 12.5 Å². The van der Waals surface area contributed by atoms with Crippen molar-refractivity contribution >= 4 is 17.6 Å². The number of halogens is 1. The van der Waals surface area contributed by atoms with E-state index in [0.29, 0.717) is 18.9 Å². The molecular formula is C23H45ClO2. The van der Waals surface area contributed by atoms with Crippen LogP contribution in [-0.2, 0) is 9.53 Å². The van der Waals surface area contributed by atoms with Crippen molar-refractivity contribution in [2.45, 2.75) is 123 Å². The first-order chi connectivity index (χ1) is 12.7. The second kappa shape index (κ2) is 21.1. The molecule has 0 heterocycles. The summed E-state index contributed by atoms with van der Waals surface area (Å²) < 4.78 is 5.60. The molecule has 0 bridgehead atoms. The highest BCUT2D eigenvalue weighted by atomic mass is 35.5. The SMILES string of the molecule is CCCCCCCCC(CCCCCC)COC(=O)CCCCCCCl. The molecule has 1 unspecified atom stereocenters. The van der Waals surface area contributed by atoms with Gasteiger partial charge in [0.25, 0.3) is 0 Å². The van der Waals surface area contributed by atoms with Gasteiger partial charge in [-0.2, -0.15) is 0 Å². The minimum absolute atomic E-state index is 0.00243. The Morgan fingerprint density at radius 2 is 1.23 bits per heavy atom. The summed E-state index contributed by atoms with van der Waals surface area (Å²) in [4.78, 5) is 12.0. The Labute approximate surface area is 168 Å². The van der Waals surface area contributed by atoms with E-state index in [1.165, 1.54) is 77.0 Å². The zero-order chi connectivity index (χ0) is 19.3. The number of carbonyl (C=O) groups is 1. The number of ether oxygens (including phenoxy) is 1. The lowest BCUT2D eigenvalue weighted by Crippen LogP contribution is -2.14. The number of rotatable bonds is 20. The van der Waals surface area contributed by atoms with Crippen molar-refractivity contribution in [3.8, 4) is 0 Å². The van der Waals surface area contributed by atoms with Gasteiger partial charge in [-0.3, -0.25) is 4.79 Å². The fourth-order valence-electron chi connectivity index (χ4n) is 3.38. The van der Waals surface area contributed by atoms with Gasteiger partial charge in [0.15, 0.2) is 0 Å². The zero-order valence-electron chi connectivity index (χ0n) is 17.7. The fraction of sp³-hybridized carbons (Fsp3) is 0.957. The van der Waals surface area contributed by atoms with E-state index in [0.717, 1.165) is 31.6 Å². The molecule has 0 aliphatic carbocycles. The Morgan fingerprint density at radius 1 is 0.731 bits per heavy atom. The van der Waals surface area contributed by atoms with Gasteiger partial charge in [0.1, 0.15) is 0 Å². The molecule has 0 aromatic heterocycles. The maximum absolute atomic E-state index is 12.0. The van der Waals surface area contributed by atoms with Gasteiger partial charge in [-0.05, 0) is 31.6 Å². The van der Waals surface area contributed by atoms with Crippen molar-refractivity contribution in [1.29, 1.82) is 0 Å². The van der Waals surface area contributed by atoms with Crippen LogP contribution in [0.4, 0.5) is 0 Å². The molecule has 2 nitrogen and oxygen atoms in total. The normalized spacial score (nSPS) is 12.3. The topological polar surface area (TPSA) is 26.3 Å². The summed E-state index contributed by atoms with van der Waals surface area (Å²) >= 11 is 5.67. The summed E-state index contributed by atoms with van der Waals surface area (Å²) in [5.74, 6) is 1.29. The lowest BCUT2D eigenvalue weighted by Gasteiger charge is -2.17. The van der Waals surface area contributed by atoms with Gasteiger partial charge in [-0.25, -0.2) is 0 Å². The van der Waals surface area contributed by atoms with Crippen LogP contribution < -0.4 is 0 Å². The molecule has 0 aromatic rings. The highest BCUT2D eigenvalue weighted by Crippen LogP contribution is 2.20. The second-order valence-corrected chi connectivity index (χ2v) is 8.19. The van der Waals surface area contributed by atoms with E-state index >= 15 is 0 Å². The standard InChI is InChI=1S/C23H45ClO2/c1-3-5-7-9-10-14-18-22(17-13-8-6-4-2)21-26-23(25)19-15-11-12-16-20-24/h22H,3-21H2,1-2H3. The third kappa shape index (κ3) is 18.5. The molecule has 0 N–H and O–H groups in total. The number of alkyl halides is 1. The molecule has 0 spiro atoms. The Kier molecular flexibility index (Phi) is 20.9. The van der Waals surface area contributed by atoms with Gasteiger partial charge in [0, 0.05) is 12.3 Å². The van der Waals surface area contributed by atoms with Crippen molar-refractivity contribution in [3.63, 3.8) is 0 Å². The van der Waals surface area contributed by atoms with Crippen LogP contribution in [0.15, 0.2) is 0 Å². The van der Waals surface area contributed by atoms with Gasteiger partial charge in [0.05, 0.1) is 6.61 Å². The predicted molar refractivity (Wildman–Crippen MR) is 115 cm³/mol. The quantitative estimate of drug-likeness (QED) is 0.120. The van der Waals surface area contributed by atoms with Crippen LogP contribution >= 0.6 is 11.6 Å². The molecule has 0 aliphatic rings. The molecule has 156 valence electrons. The molecule has 1 atom stereocenters. The summed E-state index contributed by atoms with van der Waals surface area (Å²) in [6, 6.07) is 0. The van der Waals surface area contributed by atoms with Gasteiger partial charge in [-0.1, -0.05) is 90.9 Å². The van der Waals surface area contributed by atoms with Crippen LogP contribution in [0.1, 0.15) is 123 Å². The first kappa shape index (κ1) is 25.8. The molecule has 0 saturated heterocycles. The second-order valence-electron chi connectivity index (χ2n) is 7.81.